The van der Waals surface area contributed by atoms with Crippen LogP contribution in [0.25, 0.3) is 5.78 Å². The van der Waals surface area contributed by atoms with Crippen LogP contribution in [0.5, 0.6) is 5.88 Å². The van der Waals surface area contributed by atoms with Crippen molar-refractivity contribution < 1.29 is 4.74 Å². The second-order valence-corrected chi connectivity index (χ2v) is 4.46. The first-order chi connectivity index (χ1) is 8.24. The van der Waals surface area contributed by atoms with Gasteiger partial charge in [0.05, 0.1) is 0 Å². The molecule has 2 N–H and O–H groups in total. The van der Waals surface area contributed by atoms with Crippen LogP contribution in [0.1, 0.15) is 25.0 Å². The van der Waals surface area contributed by atoms with E-state index < -0.39 is 0 Å². The quantitative estimate of drug-likeness (QED) is 0.825. The largest absolute Gasteiger partial charge is 0.473 e. The second kappa shape index (κ2) is 3.96. The van der Waals surface area contributed by atoms with Gasteiger partial charge in [0.2, 0.25) is 5.88 Å². The van der Waals surface area contributed by atoms with Crippen molar-refractivity contribution in [1.82, 2.24) is 19.6 Å². The molecule has 0 spiro atoms. The van der Waals surface area contributed by atoms with Gasteiger partial charge in [-0.05, 0) is 26.2 Å². The van der Waals surface area contributed by atoms with Gasteiger partial charge in [-0.15, -0.1) is 0 Å². The Morgan fingerprint density at radius 3 is 3.12 bits per heavy atom. The number of rotatable bonds is 2. The maximum absolute atomic E-state index is 6.00. The van der Waals surface area contributed by atoms with Gasteiger partial charge in [0, 0.05) is 17.8 Å². The smallest absolute Gasteiger partial charge is 0.255 e. The normalized spacial score (nSPS) is 24.4. The zero-order valence-electron chi connectivity index (χ0n) is 9.71. The molecule has 1 saturated carbocycles. The lowest BCUT2D eigenvalue weighted by atomic mass is 10.2. The number of ether oxygens (including phenoxy) is 1. The van der Waals surface area contributed by atoms with Crippen molar-refractivity contribution in [2.45, 2.75) is 38.3 Å². The molecule has 1 fully saturated rings. The van der Waals surface area contributed by atoms with Gasteiger partial charge in [-0.1, -0.05) is 0 Å². The molecule has 0 bridgehead atoms. The van der Waals surface area contributed by atoms with E-state index in [4.69, 9.17) is 10.5 Å². The van der Waals surface area contributed by atoms with Crippen LogP contribution in [0.3, 0.4) is 0 Å². The van der Waals surface area contributed by atoms with Gasteiger partial charge in [-0.3, -0.25) is 0 Å². The van der Waals surface area contributed by atoms with Crippen molar-refractivity contribution in [3.8, 4) is 5.88 Å². The Hall–Kier alpha value is -1.69. The van der Waals surface area contributed by atoms with E-state index in [9.17, 15) is 0 Å². The summed E-state index contributed by atoms with van der Waals surface area (Å²) in [5.41, 5.74) is 6.87. The molecule has 6 nitrogen and oxygen atoms in total. The SMILES string of the molecule is Cc1cc(OC2CCCC2N)n2ncnc2n1. The maximum atomic E-state index is 6.00. The van der Waals surface area contributed by atoms with Crippen LogP contribution in [-0.2, 0) is 0 Å². The van der Waals surface area contributed by atoms with Crippen molar-refractivity contribution in [3.63, 3.8) is 0 Å². The van der Waals surface area contributed by atoms with Crippen LogP contribution >= 0.6 is 0 Å². The molecule has 0 amide bonds. The van der Waals surface area contributed by atoms with E-state index in [1.165, 1.54) is 6.33 Å². The highest BCUT2D eigenvalue weighted by Gasteiger charge is 2.26. The summed E-state index contributed by atoms with van der Waals surface area (Å²) in [6.07, 6.45) is 4.69. The lowest BCUT2D eigenvalue weighted by molar-refractivity contribution is 0.179. The molecular formula is C11H15N5O. The monoisotopic (exact) mass is 233 g/mol. The summed E-state index contributed by atoms with van der Waals surface area (Å²) in [5, 5.41) is 4.10. The van der Waals surface area contributed by atoms with Crippen LogP contribution in [0, 0.1) is 6.92 Å². The molecule has 3 rings (SSSR count). The van der Waals surface area contributed by atoms with Crippen molar-refractivity contribution in [1.29, 1.82) is 0 Å². The Morgan fingerprint density at radius 1 is 1.47 bits per heavy atom. The third-order valence-corrected chi connectivity index (χ3v) is 3.12. The third-order valence-electron chi connectivity index (χ3n) is 3.12. The first kappa shape index (κ1) is 10.5. The van der Waals surface area contributed by atoms with E-state index in [1.54, 1.807) is 4.52 Å². The van der Waals surface area contributed by atoms with Gasteiger partial charge in [-0.25, -0.2) is 4.98 Å². The molecule has 1 aliphatic rings. The van der Waals surface area contributed by atoms with Gasteiger partial charge >= 0.3 is 0 Å². The summed E-state index contributed by atoms with van der Waals surface area (Å²) in [6, 6.07) is 1.98. The number of nitrogens with zero attached hydrogens (tertiary/aromatic N) is 4. The fourth-order valence-corrected chi connectivity index (χ4v) is 2.24. The van der Waals surface area contributed by atoms with Crippen molar-refractivity contribution in [2.24, 2.45) is 5.73 Å². The molecule has 0 aliphatic heterocycles. The first-order valence-electron chi connectivity index (χ1n) is 5.83. The minimum Gasteiger partial charge on any atom is -0.473 e. The molecular weight excluding hydrogens is 218 g/mol. The summed E-state index contributed by atoms with van der Waals surface area (Å²) >= 11 is 0. The predicted octanol–water partition coefficient (Wildman–Crippen LogP) is 0.691. The summed E-state index contributed by atoms with van der Waals surface area (Å²) in [4.78, 5) is 8.33. The molecule has 1 aliphatic carbocycles. The van der Waals surface area contributed by atoms with E-state index in [0.29, 0.717) is 11.7 Å². The van der Waals surface area contributed by atoms with Crippen molar-refractivity contribution in [2.75, 3.05) is 0 Å². The minimum atomic E-state index is 0.0733. The lowest BCUT2D eigenvalue weighted by Gasteiger charge is -2.18. The van der Waals surface area contributed by atoms with Crippen LogP contribution in [0.15, 0.2) is 12.4 Å². The minimum absolute atomic E-state index is 0.0733. The van der Waals surface area contributed by atoms with E-state index in [2.05, 4.69) is 15.1 Å². The summed E-state index contributed by atoms with van der Waals surface area (Å²) in [5.74, 6) is 1.24. The average molecular weight is 233 g/mol. The molecule has 2 aromatic heterocycles. The second-order valence-electron chi connectivity index (χ2n) is 4.46. The number of hydrogen-bond acceptors (Lipinski definition) is 5. The first-order valence-corrected chi connectivity index (χ1v) is 5.83. The summed E-state index contributed by atoms with van der Waals surface area (Å²) in [7, 11) is 0. The van der Waals surface area contributed by atoms with Crippen molar-refractivity contribution >= 4 is 5.78 Å². The molecule has 2 atom stereocenters. The topological polar surface area (TPSA) is 78.3 Å². The molecule has 0 saturated heterocycles. The van der Waals surface area contributed by atoms with Crippen molar-refractivity contribution in [3.05, 3.63) is 18.1 Å². The molecule has 0 radical (unpaired) electrons. The highest BCUT2D eigenvalue weighted by atomic mass is 16.5. The zero-order chi connectivity index (χ0) is 11.8. The summed E-state index contributed by atoms with van der Waals surface area (Å²) in [6.45, 7) is 1.91. The van der Waals surface area contributed by atoms with Gasteiger partial charge in [0.25, 0.3) is 5.78 Å². The standard InChI is InChI=1S/C11H15N5O/c1-7-5-10(16-11(15-7)13-6-14-16)17-9-4-2-3-8(9)12/h5-6,8-9H,2-4,12H2,1H3. The summed E-state index contributed by atoms with van der Waals surface area (Å²) < 4.78 is 7.54. The van der Waals surface area contributed by atoms with Crippen LogP contribution < -0.4 is 10.5 Å². The zero-order valence-corrected chi connectivity index (χ0v) is 9.71. The Labute approximate surface area is 98.8 Å². The molecule has 90 valence electrons. The highest BCUT2D eigenvalue weighted by Crippen LogP contribution is 2.23. The van der Waals surface area contributed by atoms with E-state index >= 15 is 0 Å². The molecule has 2 aromatic rings. The maximum Gasteiger partial charge on any atom is 0.255 e. The van der Waals surface area contributed by atoms with Gasteiger partial charge in [-0.2, -0.15) is 14.6 Å². The van der Waals surface area contributed by atoms with Gasteiger partial charge in [0.1, 0.15) is 12.4 Å². The fourth-order valence-electron chi connectivity index (χ4n) is 2.24. The lowest BCUT2D eigenvalue weighted by Crippen LogP contribution is -2.34. The van der Waals surface area contributed by atoms with Gasteiger partial charge in [0.15, 0.2) is 0 Å². The molecule has 2 heterocycles. The predicted molar refractivity (Wildman–Crippen MR) is 61.8 cm³/mol. The average Bonchev–Trinajstić information content (AvgIpc) is 2.88. The van der Waals surface area contributed by atoms with Crippen LogP contribution in [0.4, 0.5) is 0 Å². The number of nitrogens with two attached hydrogens (primary N) is 1. The Morgan fingerprint density at radius 2 is 2.35 bits per heavy atom. The number of fused-ring (bicyclic) bond motifs is 1. The number of aryl methyl sites for hydroxylation is 1. The molecule has 17 heavy (non-hydrogen) atoms. The number of hydrogen-bond donors (Lipinski definition) is 1. The van der Waals surface area contributed by atoms with E-state index in [0.717, 1.165) is 25.0 Å². The van der Waals surface area contributed by atoms with Gasteiger partial charge < -0.3 is 10.5 Å². The third kappa shape index (κ3) is 1.84. The Balaban J connectivity index is 1.96. The van der Waals surface area contributed by atoms with Crippen LogP contribution in [0.2, 0.25) is 0 Å². The van der Waals surface area contributed by atoms with E-state index in [1.807, 2.05) is 13.0 Å². The Kier molecular flexibility index (Phi) is 2.44. The van der Waals surface area contributed by atoms with E-state index in [-0.39, 0.29) is 12.1 Å². The fraction of sp³-hybridized carbons (Fsp3) is 0.545. The highest BCUT2D eigenvalue weighted by molar-refractivity contribution is 5.32. The molecule has 0 aromatic carbocycles. The number of aromatic nitrogens is 4. The van der Waals surface area contributed by atoms with Crippen LogP contribution in [-0.4, -0.2) is 31.7 Å². The Bertz CT molecular complexity index is 538. The molecule has 6 heteroatoms. The molecule has 2 unspecified atom stereocenters.